The van der Waals surface area contributed by atoms with Gasteiger partial charge in [-0.25, -0.2) is 4.39 Å². The van der Waals surface area contributed by atoms with Crippen LogP contribution < -0.4 is 5.32 Å². The average Bonchev–Trinajstić information content (AvgIpc) is 2.70. The monoisotopic (exact) mass is 275 g/mol. The molecule has 4 heteroatoms. The molecule has 2 atom stereocenters. The predicted molar refractivity (Wildman–Crippen MR) is 70.1 cm³/mol. The molecule has 0 radical (unpaired) electrons. The molecule has 94 valence electrons. The van der Waals surface area contributed by atoms with Crippen molar-refractivity contribution in [3.05, 3.63) is 34.6 Å². The van der Waals surface area contributed by atoms with Crippen LogP contribution in [0.5, 0.6) is 0 Å². The fourth-order valence-electron chi connectivity index (χ4n) is 2.27. The Balaban J connectivity index is 1.76. The van der Waals surface area contributed by atoms with Gasteiger partial charge in [-0.15, -0.1) is 11.6 Å². The van der Waals surface area contributed by atoms with Crippen LogP contribution in [-0.4, -0.2) is 11.9 Å². The lowest BCUT2D eigenvalue weighted by Crippen LogP contribution is -2.21. The molecule has 1 aromatic rings. The van der Waals surface area contributed by atoms with Crippen LogP contribution in [0, 0.1) is 11.7 Å². The summed E-state index contributed by atoms with van der Waals surface area (Å²) in [6.45, 7) is 1.63. The van der Waals surface area contributed by atoms with E-state index in [-0.39, 0.29) is 10.8 Å². The number of nitrogens with one attached hydrogen (secondary N) is 1. The van der Waals surface area contributed by atoms with Gasteiger partial charge in [-0.05, 0) is 49.4 Å². The summed E-state index contributed by atoms with van der Waals surface area (Å²) in [6.07, 6.45) is 3.39. The fourth-order valence-corrected chi connectivity index (χ4v) is 2.77. The molecule has 1 nitrogen and oxygen atoms in total. The highest BCUT2D eigenvalue weighted by atomic mass is 35.5. The second-order valence-corrected chi connectivity index (χ2v) is 5.68. The summed E-state index contributed by atoms with van der Waals surface area (Å²) >= 11 is 11.7. The molecule has 0 saturated heterocycles. The molecule has 1 aliphatic rings. The van der Waals surface area contributed by atoms with Crippen molar-refractivity contribution in [3.63, 3.8) is 0 Å². The molecule has 1 saturated carbocycles. The van der Waals surface area contributed by atoms with E-state index in [1.54, 1.807) is 6.07 Å². The molecule has 1 N–H and O–H groups in total. The molecule has 17 heavy (non-hydrogen) atoms. The second-order valence-electron chi connectivity index (χ2n) is 4.66. The molecule has 0 aliphatic heterocycles. The Bertz CT molecular complexity index is 384. The summed E-state index contributed by atoms with van der Waals surface area (Å²) in [4.78, 5) is 0. The number of rotatable bonds is 4. The Kier molecular flexibility index (Phi) is 4.66. The predicted octanol–water partition coefficient (Wildman–Crippen LogP) is 3.98. The van der Waals surface area contributed by atoms with E-state index < -0.39 is 0 Å². The Labute approximate surface area is 111 Å². The van der Waals surface area contributed by atoms with Gasteiger partial charge in [0, 0.05) is 11.9 Å². The highest BCUT2D eigenvalue weighted by molar-refractivity contribution is 6.30. The number of benzene rings is 1. The van der Waals surface area contributed by atoms with Gasteiger partial charge in [0.05, 0.1) is 5.02 Å². The number of halogens is 3. The first-order valence-corrected chi connectivity index (χ1v) is 6.75. The maximum Gasteiger partial charge on any atom is 0.142 e. The lowest BCUT2D eigenvalue weighted by Gasteiger charge is -2.11. The van der Waals surface area contributed by atoms with Crippen molar-refractivity contribution < 1.29 is 4.39 Å². The van der Waals surface area contributed by atoms with E-state index in [1.807, 2.05) is 6.07 Å². The van der Waals surface area contributed by atoms with Crippen LogP contribution in [0.2, 0.25) is 5.02 Å². The van der Waals surface area contributed by atoms with E-state index in [0.717, 1.165) is 24.9 Å². The van der Waals surface area contributed by atoms with Crippen LogP contribution >= 0.6 is 23.2 Å². The molecular formula is C13H16Cl2FN. The van der Waals surface area contributed by atoms with E-state index in [2.05, 4.69) is 5.32 Å². The average molecular weight is 276 g/mol. The second kappa shape index (κ2) is 6.03. The van der Waals surface area contributed by atoms with Gasteiger partial charge in [0.25, 0.3) is 0 Å². The first-order chi connectivity index (χ1) is 8.15. The van der Waals surface area contributed by atoms with Crippen LogP contribution in [0.1, 0.15) is 24.8 Å². The lowest BCUT2D eigenvalue weighted by molar-refractivity contribution is 0.489. The van der Waals surface area contributed by atoms with Crippen LogP contribution in [0.4, 0.5) is 4.39 Å². The molecule has 1 fully saturated rings. The first kappa shape index (κ1) is 13.1. The Morgan fingerprint density at radius 3 is 2.82 bits per heavy atom. The SMILES string of the molecule is Fc1cc(CNCC2CCC(Cl)C2)ccc1Cl. The fraction of sp³-hybridized carbons (Fsp3) is 0.538. The maximum absolute atomic E-state index is 13.2. The van der Waals surface area contributed by atoms with E-state index in [0.29, 0.717) is 17.8 Å². The molecule has 0 bridgehead atoms. The third-order valence-electron chi connectivity index (χ3n) is 3.22. The number of alkyl halides is 1. The van der Waals surface area contributed by atoms with Gasteiger partial charge >= 0.3 is 0 Å². The van der Waals surface area contributed by atoms with Crippen molar-refractivity contribution in [2.24, 2.45) is 5.92 Å². The minimum Gasteiger partial charge on any atom is -0.312 e. The molecule has 1 aromatic carbocycles. The van der Waals surface area contributed by atoms with Gasteiger partial charge in [0.15, 0.2) is 0 Å². The Morgan fingerprint density at radius 1 is 1.35 bits per heavy atom. The van der Waals surface area contributed by atoms with Gasteiger partial charge < -0.3 is 5.32 Å². The zero-order valence-corrected chi connectivity index (χ0v) is 11.1. The normalized spacial score (nSPS) is 24.2. The highest BCUT2D eigenvalue weighted by Gasteiger charge is 2.22. The third-order valence-corrected chi connectivity index (χ3v) is 3.93. The standard InChI is InChI=1S/C13H16Cl2FN/c14-11-3-1-9(5-11)7-17-8-10-2-4-12(15)13(16)6-10/h2,4,6,9,11,17H,1,3,5,7-8H2. The van der Waals surface area contributed by atoms with Crippen molar-refractivity contribution in [1.29, 1.82) is 0 Å². The first-order valence-electron chi connectivity index (χ1n) is 5.94. The topological polar surface area (TPSA) is 12.0 Å². The summed E-state index contributed by atoms with van der Waals surface area (Å²) < 4.78 is 13.2. The summed E-state index contributed by atoms with van der Waals surface area (Å²) in [5.41, 5.74) is 0.923. The van der Waals surface area contributed by atoms with Crippen LogP contribution in [0.15, 0.2) is 18.2 Å². The van der Waals surface area contributed by atoms with E-state index in [1.165, 1.54) is 12.5 Å². The number of hydrogen-bond acceptors (Lipinski definition) is 1. The Hall–Kier alpha value is -0.310. The van der Waals surface area contributed by atoms with Gasteiger partial charge in [-0.1, -0.05) is 17.7 Å². The van der Waals surface area contributed by atoms with Gasteiger partial charge in [-0.3, -0.25) is 0 Å². The minimum atomic E-state index is -0.354. The summed E-state index contributed by atoms with van der Waals surface area (Å²) in [5, 5.41) is 3.86. The molecule has 0 amide bonds. The smallest absolute Gasteiger partial charge is 0.142 e. The highest BCUT2D eigenvalue weighted by Crippen LogP contribution is 2.28. The summed E-state index contributed by atoms with van der Waals surface area (Å²) in [6, 6.07) is 4.92. The van der Waals surface area contributed by atoms with Gasteiger partial charge in [-0.2, -0.15) is 0 Å². The minimum absolute atomic E-state index is 0.175. The summed E-state index contributed by atoms with van der Waals surface area (Å²) in [5.74, 6) is 0.308. The van der Waals surface area contributed by atoms with E-state index in [9.17, 15) is 4.39 Å². The van der Waals surface area contributed by atoms with E-state index >= 15 is 0 Å². The van der Waals surface area contributed by atoms with Crippen molar-refractivity contribution in [3.8, 4) is 0 Å². The largest absolute Gasteiger partial charge is 0.312 e. The van der Waals surface area contributed by atoms with Crippen LogP contribution in [0.3, 0.4) is 0 Å². The molecule has 0 heterocycles. The van der Waals surface area contributed by atoms with Crippen molar-refractivity contribution >= 4 is 23.2 Å². The lowest BCUT2D eigenvalue weighted by atomic mass is 10.1. The number of hydrogen-bond donors (Lipinski definition) is 1. The molecule has 1 aliphatic carbocycles. The van der Waals surface area contributed by atoms with Crippen molar-refractivity contribution in [2.75, 3.05) is 6.54 Å². The molecule has 2 unspecified atom stereocenters. The van der Waals surface area contributed by atoms with Gasteiger partial charge in [0.1, 0.15) is 5.82 Å². The molecule has 0 spiro atoms. The van der Waals surface area contributed by atoms with E-state index in [4.69, 9.17) is 23.2 Å². The van der Waals surface area contributed by atoms with Crippen LogP contribution in [0.25, 0.3) is 0 Å². The van der Waals surface area contributed by atoms with Gasteiger partial charge in [0.2, 0.25) is 0 Å². The zero-order chi connectivity index (χ0) is 12.3. The zero-order valence-electron chi connectivity index (χ0n) is 9.56. The summed E-state index contributed by atoms with van der Waals surface area (Å²) in [7, 11) is 0. The molecular weight excluding hydrogens is 260 g/mol. The van der Waals surface area contributed by atoms with Crippen LogP contribution in [-0.2, 0) is 6.54 Å². The maximum atomic E-state index is 13.2. The quantitative estimate of drug-likeness (QED) is 0.820. The van der Waals surface area contributed by atoms with Crippen molar-refractivity contribution in [2.45, 2.75) is 31.2 Å². The molecule has 2 rings (SSSR count). The third kappa shape index (κ3) is 3.84. The Morgan fingerprint density at radius 2 is 2.18 bits per heavy atom. The molecule has 0 aromatic heterocycles. The van der Waals surface area contributed by atoms with Crippen molar-refractivity contribution in [1.82, 2.24) is 5.32 Å².